The largest absolute Gasteiger partial charge is 0.299 e. The zero-order chi connectivity index (χ0) is 15.4. The van der Waals surface area contributed by atoms with Gasteiger partial charge in [-0.25, -0.2) is 13.1 Å². The molecule has 1 aromatic carbocycles. The molecular weight excluding hydrogens is 316 g/mol. The predicted octanol–water partition coefficient (Wildman–Crippen LogP) is 2.69. The molecule has 1 N–H and O–H groups in total. The van der Waals surface area contributed by atoms with Crippen molar-refractivity contribution in [1.29, 1.82) is 0 Å². The van der Waals surface area contributed by atoms with Gasteiger partial charge in [0.1, 0.15) is 4.21 Å². The van der Waals surface area contributed by atoms with Crippen LogP contribution in [0.1, 0.15) is 18.4 Å². The lowest BCUT2D eigenvalue weighted by atomic mass is 10.1. The second-order valence-corrected chi connectivity index (χ2v) is 8.48. The van der Waals surface area contributed by atoms with Crippen molar-refractivity contribution in [3.63, 3.8) is 0 Å². The second kappa shape index (κ2) is 6.91. The Labute approximate surface area is 135 Å². The van der Waals surface area contributed by atoms with Crippen LogP contribution in [0.3, 0.4) is 0 Å². The summed E-state index contributed by atoms with van der Waals surface area (Å²) in [6, 6.07) is 13.8. The number of thiophene rings is 1. The van der Waals surface area contributed by atoms with E-state index in [1.807, 2.05) is 6.07 Å². The van der Waals surface area contributed by atoms with Crippen LogP contribution in [0.2, 0.25) is 0 Å². The fourth-order valence-corrected chi connectivity index (χ4v) is 5.06. The van der Waals surface area contributed by atoms with Crippen LogP contribution in [0.25, 0.3) is 0 Å². The molecule has 0 unspecified atom stereocenters. The summed E-state index contributed by atoms with van der Waals surface area (Å²) < 4.78 is 27.7. The van der Waals surface area contributed by atoms with E-state index in [0.717, 1.165) is 32.5 Å². The highest BCUT2D eigenvalue weighted by Gasteiger charge is 2.25. The van der Waals surface area contributed by atoms with Gasteiger partial charge in [0.25, 0.3) is 0 Å². The molecule has 1 fully saturated rings. The fourth-order valence-electron chi connectivity index (χ4n) is 2.74. The summed E-state index contributed by atoms with van der Waals surface area (Å²) in [6.45, 7) is 2.78. The molecule has 1 aliphatic heterocycles. The lowest BCUT2D eigenvalue weighted by Gasteiger charge is -2.32. The Kier molecular flexibility index (Phi) is 4.93. The standard InChI is InChI=1S/C16H20N2O2S2/c19-22(20,16-7-4-12-21-16)17-15-8-10-18(11-9-15)13-14-5-2-1-3-6-14/h1-7,12,15,17H,8-11,13H2. The monoisotopic (exact) mass is 336 g/mol. The first-order valence-corrected chi connectivity index (χ1v) is 9.82. The van der Waals surface area contributed by atoms with E-state index in [1.54, 1.807) is 17.5 Å². The Morgan fingerprint density at radius 1 is 1.09 bits per heavy atom. The Morgan fingerprint density at radius 3 is 2.45 bits per heavy atom. The lowest BCUT2D eigenvalue weighted by Crippen LogP contribution is -2.44. The first kappa shape index (κ1) is 15.7. The minimum absolute atomic E-state index is 0.0409. The zero-order valence-corrected chi connectivity index (χ0v) is 13.9. The summed E-state index contributed by atoms with van der Waals surface area (Å²) in [5.74, 6) is 0. The number of likely N-dealkylation sites (tertiary alicyclic amines) is 1. The summed E-state index contributed by atoms with van der Waals surface area (Å²) in [5.41, 5.74) is 1.31. The van der Waals surface area contributed by atoms with E-state index >= 15 is 0 Å². The molecule has 118 valence electrons. The SMILES string of the molecule is O=S(=O)(NC1CCN(Cc2ccccc2)CC1)c1cccs1. The van der Waals surface area contributed by atoms with Crippen LogP contribution in [0, 0.1) is 0 Å². The van der Waals surface area contributed by atoms with Crippen LogP contribution in [-0.2, 0) is 16.6 Å². The molecule has 0 aliphatic carbocycles. The van der Waals surface area contributed by atoms with Crippen molar-refractivity contribution in [2.45, 2.75) is 29.6 Å². The summed E-state index contributed by atoms with van der Waals surface area (Å²) in [5, 5.41) is 1.79. The molecule has 3 rings (SSSR count). The first-order valence-electron chi connectivity index (χ1n) is 7.45. The maximum absolute atomic E-state index is 12.2. The Balaban J connectivity index is 1.52. The van der Waals surface area contributed by atoms with E-state index in [4.69, 9.17) is 0 Å². The van der Waals surface area contributed by atoms with Gasteiger partial charge in [0.2, 0.25) is 10.0 Å². The van der Waals surface area contributed by atoms with Gasteiger partial charge in [-0.2, -0.15) is 0 Å². The van der Waals surface area contributed by atoms with Crippen LogP contribution < -0.4 is 4.72 Å². The third-order valence-electron chi connectivity index (χ3n) is 3.92. The van der Waals surface area contributed by atoms with Crippen molar-refractivity contribution in [1.82, 2.24) is 9.62 Å². The lowest BCUT2D eigenvalue weighted by molar-refractivity contribution is 0.200. The highest BCUT2D eigenvalue weighted by Crippen LogP contribution is 2.19. The Morgan fingerprint density at radius 2 is 1.82 bits per heavy atom. The van der Waals surface area contributed by atoms with Crippen LogP contribution in [0.5, 0.6) is 0 Å². The van der Waals surface area contributed by atoms with E-state index in [1.165, 1.54) is 16.9 Å². The molecule has 0 saturated carbocycles. The van der Waals surface area contributed by atoms with Gasteiger partial charge < -0.3 is 0 Å². The molecule has 1 saturated heterocycles. The van der Waals surface area contributed by atoms with Gasteiger partial charge in [-0.05, 0) is 29.9 Å². The van der Waals surface area contributed by atoms with Crippen LogP contribution in [0.4, 0.5) is 0 Å². The third kappa shape index (κ3) is 3.95. The molecule has 1 aromatic heterocycles. The van der Waals surface area contributed by atoms with Crippen LogP contribution in [-0.4, -0.2) is 32.4 Å². The molecule has 1 aliphatic rings. The smallest absolute Gasteiger partial charge is 0.250 e. The van der Waals surface area contributed by atoms with Gasteiger partial charge >= 0.3 is 0 Å². The van der Waals surface area contributed by atoms with Gasteiger partial charge in [-0.3, -0.25) is 4.90 Å². The number of rotatable bonds is 5. The van der Waals surface area contributed by atoms with E-state index in [0.29, 0.717) is 4.21 Å². The average Bonchev–Trinajstić information content (AvgIpc) is 3.05. The molecule has 2 heterocycles. The predicted molar refractivity (Wildman–Crippen MR) is 89.4 cm³/mol. The molecule has 6 heteroatoms. The molecule has 22 heavy (non-hydrogen) atoms. The number of hydrogen-bond donors (Lipinski definition) is 1. The van der Waals surface area contributed by atoms with Crippen molar-refractivity contribution in [2.24, 2.45) is 0 Å². The zero-order valence-electron chi connectivity index (χ0n) is 12.3. The highest BCUT2D eigenvalue weighted by molar-refractivity contribution is 7.91. The molecule has 0 atom stereocenters. The number of sulfonamides is 1. The van der Waals surface area contributed by atoms with Gasteiger partial charge in [0.05, 0.1) is 0 Å². The summed E-state index contributed by atoms with van der Waals surface area (Å²) >= 11 is 1.26. The number of nitrogens with one attached hydrogen (secondary N) is 1. The summed E-state index contributed by atoms with van der Waals surface area (Å²) in [6.07, 6.45) is 1.72. The van der Waals surface area contributed by atoms with Crippen molar-refractivity contribution in [3.8, 4) is 0 Å². The molecule has 0 radical (unpaired) electrons. The average molecular weight is 336 g/mol. The van der Waals surface area contributed by atoms with E-state index in [-0.39, 0.29) is 6.04 Å². The maximum atomic E-state index is 12.2. The molecule has 2 aromatic rings. The Bertz CT molecular complexity index is 676. The Hall–Kier alpha value is -1.21. The van der Waals surface area contributed by atoms with E-state index in [9.17, 15) is 8.42 Å². The first-order chi connectivity index (χ1) is 10.6. The molecule has 0 amide bonds. The van der Waals surface area contributed by atoms with E-state index in [2.05, 4.69) is 33.9 Å². The van der Waals surface area contributed by atoms with E-state index < -0.39 is 10.0 Å². The number of piperidine rings is 1. The summed E-state index contributed by atoms with van der Waals surface area (Å²) in [4.78, 5) is 2.38. The second-order valence-electron chi connectivity index (χ2n) is 5.59. The van der Waals surface area contributed by atoms with Gasteiger partial charge in [-0.1, -0.05) is 36.4 Å². The number of benzene rings is 1. The number of hydrogen-bond acceptors (Lipinski definition) is 4. The number of nitrogens with zero attached hydrogens (tertiary/aromatic N) is 1. The van der Waals surface area contributed by atoms with Gasteiger partial charge in [0.15, 0.2) is 0 Å². The van der Waals surface area contributed by atoms with Crippen molar-refractivity contribution >= 4 is 21.4 Å². The van der Waals surface area contributed by atoms with Gasteiger partial charge in [0, 0.05) is 25.7 Å². The maximum Gasteiger partial charge on any atom is 0.250 e. The van der Waals surface area contributed by atoms with Crippen molar-refractivity contribution in [2.75, 3.05) is 13.1 Å². The summed E-state index contributed by atoms with van der Waals surface area (Å²) in [7, 11) is -3.34. The fraction of sp³-hybridized carbons (Fsp3) is 0.375. The quantitative estimate of drug-likeness (QED) is 0.913. The molecular formula is C16H20N2O2S2. The van der Waals surface area contributed by atoms with Gasteiger partial charge in [-0.15, -0.1) is 11.3 Å². The normalized spacial score (nSPS) is 17.6. The molecule has 4 nitrogen and oxygen atoms in total. The minimum atomic E-state index is -3.34. The third-order valence-corrected chi connectivity index (χ3v) is 6.84. The van der Waals surface area contributed by atoms with Crippen LogP contribution >= 0.6 is 11.3 Å². The highest BCUT2D eigenvalue weighted by atomic mass is 32.2. The van der Waals surface area contributed by atoms with Crippen molar-refractivity contribution < 1.29 is 8.42 Å². The van der Waals surface area contributed by atoms with Crippen molar-refractivity contribution in [3.05, 3.63) is 53.4 Å². The van der Waals surface area contributed by atoms with Crippen LogP contribution in [0.15, 0.2) is 52.1 Å². The minimum Gasteiger partial charge on any atom is -0.299 e. The topological polar surface area (TPSA) is 49.4 Å². The molecule has 0 spiro atoms. The molecule has 0 bridgehead atoms.